The minimum atomic E-state index is -3.80. The fraction of sp³-hybridized carbons (Fsp3) is 0.0870. The van der Waals surface area contributed by atoms with E-state index in [4.69, 9.17) is 4.42 Å². The van der Waals surface area contributed by atoms with E-state index >= 15 is 0 Å². The summed E-state index contributed by atoms with van der Waals surface area (Å²) in [4.78, 5) is 13.0. The van der Waals surface area contributed by atoms with Crippen LogP contribution in [0.2, 0.25) is 0 Å². The Kier molecular flexibility index (Phi) is 6.08. The highest BCUT2D eigenvalue weighted by molar-refractivity contribution is 7.89. The summed E-state index contributed by atoms with van der Waals surface area (Å²) in [6.45, 7) is 0.183. The number of benzene rings is 2. The zero-order valence-corrected chi connectivity index (χ0v) is 19.2. The molecule has 0 radical (unpaired) electrons. The van der Waals surface area contributed by atoms with Crippen molar-refractivity contribution in [3.05, 3.63) is 78.8 Å². The number of halogens is 2. The van der Waals surface area contributed by atoms with Crippen LogP contribution in [0.1, 0.15) is 0 Å². The van der Waals surface area contributed by atoms with Crippen LogP contribution in [-0.4, -0.2) is 46.0 Å². The molecule has 0 aliphatic rings. The molecule has 3 N–H and O–H groups in total. The first-order valence-corrected chi connectivity index (χ1v) is 12.1. The van der Waals surface area contributed by atoms with Crippen molar-refractivity contribution >= 4 is 21.8 Å². The number of phenolic OH excluding ortho intramolecular Hbond substituents is 1. The lowest BCUT2D eigenvalue weighted by atomic mass is 10.1. The number of sulfonamides is 1. The lowest BCUT2D eigenvalue weighted by Crippen LogP contribution is -2.29. The molecule has 0 atom stereocenters. The summed E-state index contributed by atoms with van der Waals surface area (Å²) in [7, 11) is -3.80. The molecule has 0 spiro atoms. The average Bonchev–Trinajstić information content (AvgIpc) is 3.46. The van der Waals surface area contributed by atoms with Gasteiger partial charge in [-0.15, -0.1) is 0 Å². The first kappa shape index (κ1) is 23.4. The van der Waals surface area contributed by atoms with Crippen molar-refractivity contribution in [2.75, 3.05) is 18.4 Å². The number of nitrogens with zero attached hydrogens (tertiary/aromatic N) is 4. The van der Waals surface area contributed by atoms with Gasteiger partial charge in [-0.1, -0.05) is 0 Å². The number of phenols is 1. The highest BCUT2D eigenvalue weighted by Crippen LogP contribution is 2.34. The summed E-state index contributed by atoms with van der Waals surface area (Å²) >= 11 is 0. The molecule has 13 heteroatoms. The Morgan fingerprint density at radius 1 is 1.03 bits per heavy atom. The largest absolute Gasteiger partial charge is 0.505 e. The summed E-state index contributed by atoms with van der Waals surface area (Å²) in [5.74, 6) is -1.31. The Hall–Kier alpha value is -4.36. The smallest absolute Gasteiger partial charge is 0.306 e. The van der Waals surface area contributed by atoms with Gasteiger partial charge in [0.25, 0.3) is 0 Å². The number of imidazole rings is 1. The molecule has 0 fully saturated rings. The molecular weight excluding hydrogens is 494 g/mol. The molecule has 0 bridgehead atoms. The zero-order valence-electron chi connectivity index (χ0n) is 18.4. The topological polar surface area (TPSA) is 135 Å². The van der Waals surface area contributed by atoms with E-state index in [2.05, 4.69) is 25.0 Å². The second-order valence-electron chi connectivity index (χ2n) is 7.57. The third kappa shape index (κ3) is 4.61. The lowest BCUT2D eigenvalue weighted by Gasteiger charge is -2.09. The molecule has 0 aliphatic heterocycles. The number of rotatable bonds is 8. The van der Waals surface area contributed by atoms with E-state index in [-0.39, 0.29) is 29.8 Å². The van der Waals surface area contributed by atoms with Crippen LogP contribution in [0.15, 0.2) is 76.5 Å². The van der Waals surface area contributed by atoms with Crippen molar-refractivity contribution in [2.45, 2.75) is 4.90 Å². The predicted molar refractivity (Wildman–Crippen MR) is 126 cm³/mol. The van der Waals surface area contributed by atoms with Crippen molar-refractivity contribution in [3.63, 3.8) is 0 Å². The molecule has 184 valence electrons. The van der Waals surface area contributed by atoms with Gasteiger partial charge in [0, 0.05) is 31.0 Å². The van der Waals surface area contributed by atoms with Gasteiger partial charge >= 0.3 is 5.84 Å². The van der Waals surface area contributed by atoms with Gasteiger partial charge in [0.2, 0.25) is 16.0 Å². The predicted octanol–water partition coefficient (Wildman–Crippen LogP) is 3.43. The number of hydrogen-bond donors (Lipinski definition) is 3. The maximum atomic E-state index is 13.6. The van der Waals surface area contributed by atoms with Crippen LogP contribution in [0, 0.1) is 11.6 Å². The highest BCUT2D eigenvalue weighted by Gasteiger charge is 2.20. The molecule has 0 saturated heterocycles. The van der Waals surface area contributed by atoms with Crippen LogP contribution in [0.25, 0.3) is 28.5 Å². The minimum absolute atomic E-state index is 0.0199. The zero-order chi connectivity index (χ0) is 25.3. The molecule has 5 aromatic rings. The fourth-order valence-corrected chi connectivity index (χ4v) is 4.56. The molecule has 0 unspecified atom stereocenters. The molecule has 2 aromatic carbocycles. The molecule has 10 nitrogen and oxygen atoms in total. The molecule has 3 heterocycles. The Labute approximate surface area is 203 Å². The van der Waals surface area contributed by atoms with E-state index in [0.717, 1.165) is 18.2 Å². The number of anilines is 1. The molecule has 36 heavy (non-hydrogen) atoms. The minimum Gasteiger partial charge on any atom is -0.505 e. The Balaban J connectivity index is 1.35. The van der Waals surface area contributed by atoms with E-state index in [0.29, 0.717) is 22.6 Å². The van der Waals surface area contributed by atoms with Gasteiger partial charge in [0.15, 0.2) is 11.6 Å². The van der Waals surface area contributed by atoms with E-state index in [1.54, 1.807) is 16.7 Å². The SMILES string of the molecule is O=S(=O)(NCCNc1nccc(-c2c(-c3ccc(F)c(O)c3)nc3occn23)n1)c1ccc(F)cc1. The molecule has 0 amide bonds. The van der Waals surface area contributed by atoms with E-state index in [1.807, 2.05) is 0 Å². The standard InChI is InChI=1S/C23H18F2N6O4S/c24-15-2-4-16(5-3-15)36(33,34)28-10-9-27-22-26-8-7-18(29-22)21-20(30-23-31(21)11-12-35-23)14-1-6-17(25)19(32)13-14/h1-8,11-13,28,32H,9-10H2,(H,26,27,29). The third-order valence-electron chi connectivity index (χ3n) is 5.20. The van der Waals surface area contributed by atoms with E-state index in [9.17, 15) is 22.3 Å². The molecule has 0 aliphatic carbocycles. The van der Waals surface area contributed by atoms with Gasteiger partial charge in [0.05, 0.1) is 10.6 Å². The number of nitrogens with one attached hydrogen (secondary N) is 2. The third-order valence-corrected chi connectivity index (χ3v) is 6.68. The van der Waals surface area contributed by atoms with Gasteiger partial charge in [-0.05, 0) is 48.5 Å². The van der Waals surface area contributed by atoms with Gasteiger partial charge in [-0.2, -0.15) is 4.98 Å². The van der Waals surface area contributed by atoms with Crippen molar-refractivity contribution in [3.8, 4) is 28.4 Å². The summed E-state index contributed by atoms with van der Waals surface area (Å²) in [6, 6.07) is 10.0. The maximum Gasteiger partial charge on any atom is 0.306 e. The molecular formula is C23H18F2N6O4S. The summed E-state index contributed by atoms with van der Waals surface area (Å²) < 4.78 is 60.8. The van der Waals surface area contributed by atoms with E-state index < -0.39 is 27.4 Å². The number of hydrogen-bond acceptors (Lipinski definition) is 8. The second-order valence-corrected chi connectivity index (χ2v) is 9.34. The Morgan fingerprint density at radius 3 is 2.61 bits per heavy atom. The van der Waals surface area contributed by atoms with Crippen molar-refractivity contribution in [2.24, 2.45) is 0 Å². The second kappa shape index (κ2) is 9.36. The lowest BCUT2D eigenvalue weighted by molar-refractivity contribution is 0.432. The van der Waals surface area contributed by atoms with Crippen LogP contribution in [-0.2, 0) is 10.0 Å². The molecule has 5 rings (SSSR count). The number of fused-ring (bicyclic) bond motifs is 1. The monoisotopic (exact) mass is 512 g/mol. The quantitative estimate of drug-likeness (QED) is 0.269. The normalized spacial score (nSPS) is 11.7. The van der Waals surface area contributed by atoms with Crippen LogP contribution in [0.3, 0.4) is 0 Å². The van der Waals surface area contributed by atoms with Crippen molar-refractivity contribution in [1.29, 1.82) is 0 Å². The van der Waals surface area contributed by atoms with Gasteiger partial charge in [-0.25, -0.2) is 31.9 Å². The number of aromatic nitrogens is 4. The molecule has 3 aromatic heterocycles. The summed E-state index contributed by atoms with van der Waals surface area (Å²) in [5.41, 5.74) is 1.83. The Morgan fingerprint density at radius 2 is 1.83 bits per heavy atom. The summed E-state index contributed by atoms with van der Waals surface area (Å²) in [6.07, 6.45) is 4.61. The van der Waals surface area contributed by atoms with Crippen LogP contribution >= 0.6 is 0 Å². The molecule has 0 saturated carbocycles. The average molecular weight is 512 g/mol. The first-order chi connectivity index (χ1) is 17.3. The van der Waals surface area contributed by atoms with Crippen LogP contribution in [0.5, 0.6) is 5.75 Å². The highest BCUT2D eigenvalue weighted by atomic mass is 32.2. The number of oxazole rings is 1. The Bertz CT molecular complexity index is 1650. The van der Waals surface area contributed by atoms with Crippen molar-refractivity contribution in [1.82, 2.24) is 24.1 Å². The van der Waals surface area contributed by atoms with Crippen LogP contribution in [0.4, 0.5) is 14.7 Å². The number of aromatic hydroxyl groups is 1. The van der Waals surface area contributed by atoms with Crippen LogP contribution < -0.4 is 10.0 Å². The van der Waals surface area contributed by atoms with Gasteiger partial charge in [0.1, 0.15) is 23.5 Å². The van der Waals surface area contributed by atoms with Gasteiger partial charge in [-0.3, -0.25) is 4.40 Å². The van der Waals surface area contributed by atoms with E-state index in [1.165, 1.54) is 36.7 Å². The van der Waals surface area contributed by atoms with Crippen molar-refractivity contribution < 1.29 is 26.7 Å². The maximum absolute atomic E-state index is 13.6. The first-order valence-electron chi connectivity index (χ1n) is 10.6. The summed E-state index contributed by atoms with van der Waals surface area (Å²) in [5, 5.41) is 12.8. The van der Waals surface area contributed by atoms with Gasteiger partial charge < -0.3 is 14.8 Å². The fourth-order valence-electron chi connectivity index (χ4n) is 3.52.